The van der Waals surface area contributed by atoms with Gasteiger partial charge in [0.2, 0.25) is 5.91 Å². The standard InChI is InChI=1S/C12H12Cl2N2O3/c13-8-3-4-10(9(14)5-8)19-6-11(17)16(15)12(18)7-1-2-7/h3-5,7H,1-2,6,15H2. The van der Waals surface area contributed by atoms with E-state index in [-0.39, 0.29) is 23.5 Å². The lowest BCUT2D eigenvalue weighted by Crippen LogP contribution is -2.45. The van der Waals surface area contributed by atoms with Crippen LogP contribution in [0, 0.1) is 5.92 Å². The SMILES string of the molecule is NN(C(=O)COc1ccc(Cl)cc1Cl)C(=O)C1CC1. The lowest BCUT2D eigenvalue weighted by atomic mass is 10.3. The van der Waals surface area contributed by atoms with Gasteiger partial charge in [0, 0.05) is 10.9 Å². The van der Waals surface area contributed by atoms with Crippen LogP contribution in [0.2, 0.25) is 10.0 Å². The molecule has 1 aliphatic carbocycles. The maximum Gasteiger partial charge on any atom is 0.281 e. The van der Waals surface area contributed by atoms with Crippen molar-refractivity contribution in [2.75, 3.05) is 6.61 Å². The Morgan fingerprint density at radius 3 is 2.63 bits per heavy atom. The van der Waals surface area contributed by atoms with Gasteiger partial charge in [-0.3, -0.25) is 9.59 Å². The fourth-order valence-electron chi connectivity index (χ4n) is 1.45. The van der Waals surface area contributed by atoms with Crippen molar-refractivity contribution in [2.45, 2.75) is 12.8 Å². The van der Waals surface area contributed by atoms with Gasteiger partial charge in [-0.2, -0.15) is 0 Å². The Morgan fingerprint density at radius 1 is 1.37 bits per heavy atom. The van der Waals surface area contributed by atoms with Crippen LogP contribution in [0.3, 0.4) is 0 Å². The van der Waals surface area contributed by atoms with Crippen molar-refractivity contribution in [1.82, 2.24) is 5.01 Å². The van der Waals surface area contributed by atoms with Gasteiger partial charge in [-0.25, -0.2) is 10.9 Å². The number of benzene rings is 1. The fraction of sp³-hybridized carbons (Fsp3) is 0.333. The first-order chi connectivity index (χ1) is 8.99. The number of nitrogens with two attached hydrogens (primary N) is 1. The van der Waals surface area contributed by atoms with Gasteiger partial charge >= 0.3 is 0 Å². The van der Waals surface area contributed by atoms with Gasteiger partial charge in [0.1, 0.15) is 5.75 Å². The molecule has 0 bridgehead atoms. The number of hydrogen-bond donors (Lipinski definition) is 1. The Balaban J connectivity index is 1.90. The first kappa shape index (κ1) is 14.1. The minimum absolute atomic E-state index is 0.118. The molecular weight excluding hydrogens is 291 g/mol. The molecule has 0 atom stereocenters. The number of hydrazine groups is 1. The van der Waals surface area contributed by atoms with Gasteiger partial charge in [-0.1, -0.05) is 23.2 Å². The maximum absolute atomic E-state index is 11.7. The summed E-state index contributed by atoms with van der Waals surface area (Å²) in [6.45, 7) is -0.351. The summed E-state index contributed by atoms with van der Waals surface area (Å²) >= 11 is 11.6. The van der Waals surface area contributed by atoms with Crippen molar-refractivity contribution in [3.05, 3.63) is 28.2 Å². The molecule has 1 fully saturated rings. The summed E-state index contributed by atoms with van der Waals surface area (Å²) in [6, 6.07) is 4.63. The first-order valence-electron chi connectivity index (χ1n) is 5.68. The third kappa shape index (κ3) is 3.59. The van der Waals surface area contributed by atoms with Crippen LogP contribution in [0.1, 0.15) is 12.8 Å². The van der Waals surface area contributed by atoms with E-state index in [0.717, 1.165) is 12.8 Å². The monoisotopic (exact) mass is 302 g/mol. The highest BCUT2D eigenvalue weighted by atomic mass is 35.5. The van der Waals surface area contributed by atoms with Crippen LogP contribution >= 0.6 is 23.2 Å². The molecule has 1 aliphatic rings. The molecular formula is C12H12Cl2N2O3. The van der Waals surface area contributed by atoms with Gasteiger partial charge in [0.25, 0.3) is 5.91 Å². The highest BCUT2D eigenvalue weighted by molar-refractivity contribution is 6.35. The molecule has 0 saturated heterocycles. The number of carbonyl (C=O) groups excluding carboxylic acids is 2. The minimum Gasteiger partial charge on any atom is -0.482 e. The molecule has 2 rings (SSSR count). The predicted octanol–water partition coefficient (Wildman–Crippen LogP) is 2.01. The number of rotatable bonds is 4. The smallest absolute Gasteiger partial charge is 0.281 e. The summed E-state index contributed by atoms with van der Waals surface area (Å²) in [5.74, 6) is 4.65. The Morgan fingerprint density at radius 2 is 2.05 bits per heavy atom. The molecule has 5 nitrogen and oxygen atoms in total. The molecule has 0 radical (unpaired) electrons. The third-order valence-electron chi connectivity index (χ3n) is 2.68. The van der Waals surface area contributed by atoms with Crippen LogP contribution in [0.25, 0.3) is 0 Å². The molecule has 0 aliphatic heterocycles. The van der Waals surface area contributed by atoms with Gasteiger partial charge in [0.15, 0.2) is 6.61 Å². The topological polar surface area (TPSA) is 72.6 Å². The van der Waals surface area contributed by atoms with E-state index in [0.29, 0.717) is 15.8 Å². The van der Waals surface area contributed by atoms with Crippen molar-refractivity contribution in [3.63, 3.8) is 0 Å². The Kier molecular flexibility index (Phi) is 4.29. The minimum atomic E-state index is -0.608. The molecule has 0 unspecified atom stereocenters. The van der Waals surface area contributed by atoms with Gasteiger partial charge in [-0.05, 0) is 31.0 Å². The number of halogens is 2. The van der Waals surface area contributed by atoms with E-state index in [1.807, 2.05) is 0 Å². The molecule has 0 aromatic heterocycles. The molecule has 2 N–H and O–H groups in total. The van der Waals surface area contributed by atoms with Gasteiger partial charge < -0.3 is 4.74 Å². The van der Waals surface area contributed by atoms with E-state index in [1.54, 1.807) is 12.1 Å². The summed E-state index contributed by atoms with van der Waals surface area (Å²) in [5, 5.41) is 1.37. The average Bonchev–Trinajstić information content (AvgIpc) is 3.20. The van der Waals surface area contributed by atoms with Crippen LogP contribution in [-0.2, 0) is 9.59 Å². The molecule has 2 amide bonds. The quantitative estimate of drug-likeness (QED) is 0.524. The Labute approximate surface area is 120 Å². The zero-order chi connectivity index (χ0) is 14.0. The maximum atomic E-state index is 11.7. The van der Waals surface area contributed by atoms with Crippen molar-refractivity contribution in [3.8, 4) is 5.75 Å². The number of amides is 2. The molecule has 0 spiro atoms. The normalized spacial score (nSPS) is 14.1. The van der Waals surface area contributed by atoms with E-state index < -0.39 is 5.91 Å². The number of hydrogen-bond acceptors (Lipinski definition) is 4. The largest absolute Gasteiger partial charge is 0.482 e. The third-order valence-corrected chi connectivity index (χ3v) is 3.21. The second kappa shape index (κ2) is 5.77. The first-order valence-corrected chi connectivity index (χ1v) is 6.44. The summed E-state index contributed by atoms with van der Waals surface area (Å²) in [7, 11) is 0. The summed E-state index contributed by atoms with van der Waals surface area (Å²) in [6.07, 6.45) is 1.56. The van der Waals surface area contributed by atoms with Gasteiger partial charge in [0.05, 0.1) is 5.02 Å². The summed E-state index contributed by atoms with van der Waals surface area (Å²) < 4.78 is 5.21. The van der Waals surface area contributed by atoms with Crippen molar-refractivity contribution >= 4 is 35.0 Å². The molecule has 7 heteroatoms. The number of ether oxygens (including phenoxy) is 1. The highest BCUT2D eigenvalue weighted by Crippen LogP contribution is 2.30. The van der Waals surface area contributed by atoms with Crippen LogP contribution in [0.4, 0.5) is 0 Å². The second-order valence-corrected chi connectivity index (χ2v) is 5.08. The Bertz CT molecular complexity index is 518. The highest BCUT2D eigenvalue weighted by Gasteiger charge is 2.34. The predicted molar refractivity (Wildman–Crippen MR) is 70.7 cm³/mol. The molecule has 19 heavy (non-hydrogen) atoms. The zero-order valence-corrected chi connectivity index (χ0v) is 11.4. The molecule has 102 valence electrons. The van der Waals surface area contributed by atoms with E-state index in [9.17, 15) is 9.59 Å². The van der Waals surface area contributed by atoms with E-state index in [1.165, 1.54) is 6.07 Å². The van der Waals surface area contributed by atoms with Crippen LogP contribution in [-0.4, -0.2) is 23.4 Å². The van der Waals surface area contributed by atoms with Crippen molar-refractivity contribution < 1.29 is 14.3 Å². The average molecular weight is 303 g/mol. The fourth-order valence-corrected chi connectivity index (χ4v) is 1.91. The van der Waals surface area contributed by atoms with Crippen LogP contribution in [0.5, 0.6) is 5.75 Å². The zero-order valence-electron chi connectivity index (χ0n) is 9.94. The molecule has 0 heterocycles. The second-order valence-electron chi connectivity index (χ2n) is 4.24. The van der Waals surface area contributed by atoms with Gasteiger partial charge in [-0.15, -0.1) is 0 Å². The van der Waals surface area contributed by atoms with E-state index in [2.05, 4.69) is 0 Å². The molecule has 1 saturated carbocycles. The summed E-state index contributed by atoms with van der Waals surface area (Å²) in [5.41, 5.74) is 0. The summed E-state index contributed by atoms with van der Waals surface area (Å²) in [4.78, 5) is 23.2. The van der Waals surface area contributed by atoms with E-state index >= 15 is 0 Å². The van der Waals surface area contributed by atoms with Crippen LogP contribution < -0.4 is 10.6 Å². The van der Waals surface area contributed by atoms with Crippen molar-refractivity contribution in [1.29, 1.82) is 0 Å². The lowest BCUT2D eigenvalue weighted by Gasteiger charge is -2.15. The number of nitrogens with zero attached hydrogens (tertiary/aromatic N) is 1. The Hall–Kier alpha value is -1.30. The molecule has 1 aromatic carbocycles. The number of carbonyl (C=O) groups is 2. The van der Waals surface area contributed by atoms with E-state index in [4.69, 9.17) is 33.8 Å². The molecule has 1 aromatic rings. The van der Waals surface area contributed by atoms with Crippen LogP contribution in [0.15, 0.2) is 18.2 Å². The number of imide groups is 1. The van der Waals surface area contributed by atoms with Crippen molar-refractivity contribution in [2.24, 2.45) is 11.8 Å². The lowest BCUT2D eigenvalue weighted by molar-refractivity contribution is -0.147.